The van der Waals surface area contributed by atoms with Gasteiger partial charge in [0.15, 0.2) is 11.6 Å². The second-order valence-corrected chi connectivity index (χ2v) is 8.64. The highest BCUT2D eigenvalue weighted by Crippen LogP contribution is 2.33. The molecule has 10 heteroatoms. The Kier molecular flexibility index (Phi) is 6.04. The van der Waals surface area contributed by atoms with Crippen LogP contribution >= 0.6 is 11.6 Å². The third kappa shape index (κ3) is 4.45. The first kappa shape index (κ1) is 21.5. The number of fused-ring (bicyclic) bond motifs is 1. The highest BCUT2D eigenvalue weighted by Gasteiger charge is 2.18. The summed E-state index contributed by atoms with van der Waals surface area (Å²) in [5.74, 6) is 2.66. The Morgan fingerprint density at radius 3 is 2.76 bits per heavy atom. The van der Waals surface area contributed by atoms with Crippen LogP contribution in [0.2, 0.25) is 5.15 Å². The first-order chi connectivity index (χ1) is 16.1. The average Bonchev–Trinajstić information content (AvgIpc) is 3.42. The molecule has 0 radical (unpaired) electrons. The molecule has 2 N–H and O–H groups in total. The number of hydrogen-bond acceptors (Lipinski definition) is 7. The van der Waals surface area contributed by atoms with E-state index in [2.05, 4.69) is 25.9 Å². The number of halogens is 1. The van der Waals surface area contributed by atoms with Crippen LogP contribution in [0.5, 0.6) is 5.75 Å². The molecule has 0 unspecified atom stereocenters. The highest BCUT2D eigenvalue weighted by molar-refractivity contribution is 6.30. The molecule has 0 amide bonds. The molecule has 0 spiro atoms. The van der Waals surface area contributed by atoms with Crippen LogP contribution in [0.25, 0.3) is 16.9 Å². The monoisotopic (exact) mass is 466 g/mol. The Morgan fingerprint density at radius 2 is 2.00 bits per heavy atom. The fourth-order valence-electron chi connectivity index (χ4n) is 4.27. The molecule has 1 saturated carbocycles. The molecule has 3 aromatic heterocycles. The van der Waals surface area contributed by atoms with Crippen molar-refractivity contribution < 1.29 is 4.74 Å². The van der Waals surface area contributed by atoms with E-state index in [-0.39, 0.29) is 0 Å². The second kappa shape index (κ2) is 9.27. The molecule has 1 aliphatic carbocycles. The number of rotatable bonds is 7. The lowest BCUT2D eigenvalue weighted by Gasteiger charge is -2.24. The summed E-state index contributed by atoms with van der Waals surface area (Å²) in [5.41, 5.74) is 2.53. The summed E-state index contributed by atoms with van der Waals surface area (Å²) in [7, 11) is 1.91. The molecule has 1 aromatic carbocycles. The van der Waals surface area contributed by atoms with E-state index in [0.29, 0.717) is 29.5 Å². The van der Waals surface area contributed by atoms with E-state index in [0.717, 1.165) is 41.3 Å². The van der Waals surface area contributed by atoms with E-state index in [9.17, 15) is 0 Å². The predicted octanol–water partition coefficient (Wildman–Crippen LogP) is 5.07. The molecule has 1 fully saturated rings. The van der Waals surface area contributed by atoms with Crippen molar-refractivity contribution in [2.75, 3.05) is 17.2 Å². The minimum Gasteiger partial charge on any atom is -0.492 e. The second-order valence-electron chi connectivity index (χ2n) is 8.25. The van der Waals surface area contributed by atoms with E-state index in [1.807, 2.05) is 48.9 Å². The predicted molar refractivity (Wildman–Crippen MR) is 129 cm³/mol. The Bertz CT molecular complexity index is 1260. The van der Waals surface area contributed by atoms with Gasteiger partial charge in [0, 0.05) is 18.7 Å². The minimum atomic E-state index is 0.406. The molecule has 3 heterocycles. The summed E-state index contributed by atoms with van der Waals surface area (Å²) in [5, 5.41) is 20.2. The molecule has 9 nitrogen and oxygen atoms in total. The van der Waals surface area contributed by atoms with Gasteiger partial charge in [-0.1, -0.05) is 30.9 Å². The van der Waals surface area contributed by atoms with Crippen molar-refractivity contribution >= 4 is 34.6 Å². The average molecular weight is 467 g/mol. The Hall–Kier alpha value is -3.33. The van der Waals surface area contributed by atoms with Crippen molar-refractivity contribution in [3.8, 4) is 17.1 Å². The molecular weight excluding hydrogens is 440 g/mol. The lowest BCUT2D eigenvalue weighted by Crippen LogP contribution is -2.23. The van der Waals surface area contributed by atoms with Gasteiger partial charge in [0.1, 0.15) is 22.7 Å². The molecule has 0 atom stereocenters. The van der Waals surface area contributed by atoms with E-state index in [1.54, 1.807) is 10.8 Å². The maximum atomic E-state index is 6.41. The van der Waals surface area contributed by atoms with Crippen molar-refractivity contribution in [3.05, 3.63) is 41.8 Å². The van der Waals surface area contributed by atoms with Gasteiger partial charge in [-0.05, 0) is 50.1 Å². The van der Waals surface area contributed by atoms with Gasteiger partial charge >= 0.3 is 0 Å². The third-order valence-electron chi connectivity index (χ3n) is 5.91. The van der Waals surface area contributed by atoms with E-state index >= 15 is 0 Å². The van der Waals surface area contributed by atoms with Gasteiger partial charge < -0.3 is 19.9 Å². The maximum Gasteiger partial charge on any atom is 0.247 e. The van der Waals surface area contributed by atoms with E-state index in [4.69, 9.17) is 21.3 Å². The highest BCUT2D eigenvalue weighted by atomic mass is 35.5. The summed E-state index contributed by atoms with van der Waals surface area (Å²) in [6.45, 7) is 2.47. The van der Waals surface area contributed by atoms with E-state index < -0.39 is 0 Å². The normalized spacial score (nSPS) is 14.5. The SMILES string of the molecule is CCOc1cc(-c2nncn2C)ccc1Nc1nc(NC2CCCCC2)c2ccc(Cl)n2n1. The molecular formula is C23H27ClN8O. The summed E-state index contributed by atoms with van der Waals surface area (Å²) >= 11 is 6.41. The maximum absolute atomic E-state index is 6.41. The fraction of sp³-hybridized carbons (Fsp3) is 0.391. The quantitative estimate of drug-likeness (QED) is 0.393. The zero-order valence-electron chi connectivity index (χ0n) is 18.8. The molecule has 33 heavy (non-hydrogen) atoms. The summed E-state index contributed by atoms with van der Waals surface area (Å²) in [6.07, 6.45) is 7.73. The van der Waals surface area contributed by atoms with Crippen LogP contribution in [0.4, 0.5) is 17.5 Å². The van der Waals surface area contributed by atoms with Crippen LogP contribution in [0.3, 0.4) is 0 Å². The van der Waals surface area contributed by atoms with Crippen LogP contribution in [0, 0.1) is 0 Å². The number of aryl methyl sites for hydroxylation is 1. The van der Waals surface area contributed by atoms with Crippen LogP contribution in [-0.4, -0.2) is 42.0 Å². The molecule has 172 valence electrons. The summed E-state index contributed by atoms with van der Waals surface area (Å²) in [6, 6.07) is 10.0. The topological polar surface area (TPSA) is 94.2 Å². The van der Waals surface area contributed by atoms with Gasteiger partial charge in [-0.3, -0.25) is 0 Å². The first-order valence-electron chi connectivity index (χ1n) is 11.3. The van der Waals surface area contributed by atoms with Crippen LogP contribution in [-0.2, 0) is 7.05 Å². The number of nitrogens with zero attached hydrogens (tertiary/aromatic N) is 6. The Balaban J connectivity index is 1.49. The molecule has 0 saturated heterocycles. The number of aromatic nitrogens is 6. The number of benzene rings is 1. The number of hydrogen-bond donors (Lipinski definition) is 2. The van der Waals surface area contributed by atoms with Gasteiger partial charge in [-0.2, -0.15) is 4.98 Å². The number of anilines is 3. The van der Waals surface area contributed by atoms with E-state index in [1.165, 1.54) is 19.3 Å². The van der Waals surface area contributed by atoms with Crippen LogP contribution < -0.4 is 15.4 Å². The first-order valence-corrected chi connectivity index (χ1v) is 11.7. The fourth-order valence-corrected chi connectivity index (χ4v) is 4.46. The van der Waals surface area contributed by atoms with Crippen LogP contribution in [0.15, 0.2) is 36.7 Å². The van der Waals surface area contributed by atoms with Crippen molar-refractivity contribution in [1.82, 2.24) is 29.4 Å². The van der Waals surface area contributed by atoms with Gasteiger partial charge in [0.25, 0.3) is 0 Å². The lowest BCUT2D eigenvalue weighted by atomic mass is 9.95. The molecule has 0 bridgehead atoms. The van der Waals surface area contributed by atoms with Crippen molar-refractivity contribution in [3.63, 3.8) is 0 Å². The zero-order chi connectivity index (χ0) is 22.8. The molecule has 0 aliphatic heterocycles. The summed E-state index contributed by atoms with van der Waals surface area (Å²) < 4.78 is 9.48. The zero-order valence-corrected chi connectivity index (χ0v) is 19.5. The Morgan fingerprint density at radius 1 is 1.15 bits per heavy atom. The Labute approximate surface area is 197 Å². The number of nitrogens with one attached hydrogen (secondary N) is 2. The largest absolute Gasteiger partial charge is 0.492 e. The minimum absolute atomic E-state index is 0.406. The molecule has 5 rings (SSSR count). The van der Waals surface area contributed by atoms with Gasteiger partial charge in [0.2, 0.25) is 5.95 Å². The van der Waals surface area contributed by atoms with Crippen molar-refractivity contribution in [2.45, 2.75) is 45.1 Å². The molecule has 1 aliphatic rings. The lowest BCUT2D eigenvalue weighted by molar-refractivity contribution is 0.342. The van der Waals surface area contributed by atoms with Crippen molar-refractivity contribution in [2.24, 2.45) is 7.05 Å². The smallest absolute Gasteiger partial charge is 0.247 e. The van der Waals surface area contributed by atoms with Gasteiger partial charge in [0.05, 0.1) is 12.3 Å². The summed E-state index contributed by atoms with van der Waals surface area (Å²) in [4.78, 5) is 4.80. The van der Waals surface area contributed by atoms with Gasteiger partial charge in [-0.15, -0.1) is 15.3 Å². The standard InChI is InChI=1S/C23H27ClN8O/c1-3-33-19-13-15(22-29-25-14-31(22)2)9-10-17(19)27-23-28-21(26-16-7-5-4-6-8-16)18-11-12-20(24)32(18)30-23/h9-14,16H,3-8H2,1-2H3,(H2,26,27,28,30). The number of ether oxygens (including phenoxy) is 1. The van der Waals surface area contributed by atoms with Crippen molar-refractivity contribution in [1.29, 1.82) is 0 Å². The third-order valence-corrected chi connectivity index (χ3v) is 6.19. The van der Waals surface area contributed by atoms with Crippen LogP contribution in [0.1, 0.15) is 39.0 Å². The van der Waals surface area contributed by atoms with Gasteiger partial charge in [-0.25, -0.2) is 4.52 Å². The molecule has 4 aromatic rings.